The van der Waals surface area contributed by atoms with Gasteiger partial charge in [-0.2, -0.15) is 13.2 Å². The Labute approximate surface area is 168 Å². The summed E-state index contributed by atoms with van der Waals surface area (Å²) in [5, 5.41) is 0. The number of morpholine rings is 1. The highest BCUT2D eigenvalue weighted by atomic mass is 32.2. The molecule has 0 aromatic heterocycles. The summed E-state index contributed by atoms with van der Waals surface area (Å²) in [5.74, 6) is 0. The van der Waals surface area contributed by atoms with Crippen molar-refractivity contribution in [2.24, 2.45) is 0 Å². The normalized spacial score (nSPS) is 20.6. The Morgan fingerprint density at radius 2 is 1.62 bits per heavy atom. The molecule has 1 saturated heterocycles. The van der Waals surface area contributed by atoms with Crippen LogP contribution >= 0.6 is 0 Å². The van der Waals surface area contributed by atoms with Crippen LogP contribution in [-0.4, -0.2) is 33.7 Å². The van der Waals surface area contributed by atoms with Gasteiger partial charge in [-0.1, -0.05) is 17.7 Å². The quantitative estimate of drug-likeness (QED) is 0.783. The van der Waals surface area contributed by atoms with E-state index in [1.807, 2.05) is 25.7 Å². The molecular formula is C20H23F3N2O3S. The molecule has 1 heterocycles. The van der Waals surface area contributed by atoms with Gasteiger partial charge in [0, 0.05) is 13.1 Å². The Bertz CT molecular complexity index is 965. The maximum atomic E-state index is 13.3. The Balaban J connectivity index is 2.03. The molecule has 0 spiro atoms. The van der Waals surface area contributed by atoms with Crippen LogP contribution in [0.2, 0.25) is 0 Å². The zero-order valence-electron chi connectivity index (χ0n) is 16.3. The van der Waals surface area contributed by atoms with E-state index in [9.17, 15) is 21.6 Å². The second-order valence-corrected chi connectivity index (χ2v) is 8.99. The van der Waals surface area contributed by atoms with Crippen LogP contribution in [0.4, 0.5) is 24.5 Å². The lowest BCUT2D eigenvalue weighted by atomic mass is 10.1. The van der Waals surface area contributed by atoms with Crippen LogP contribution in [0.15, 0.2) is 47.4 Å². The fourth-order valence-electron chi connectivity index (χ4n) is 3.37. The fraction of sp³-hybridized carbons (Fsp3) is 0.400. The van der Waals surface area contributed by atoms with Crippen molar-refractivity contribution in [2.45, 2.75) is 44.1 Å². The highest BCUT2D eigenvalue weighted by molar-refractivity contribution is 7.92. The number of alkyl halides is 3. The number of hydrogen-bond acceptors (Lipinski definition) is 4. The summed E-state index contributed by atoms with van der Waals surface area (Å²) in [4.78, 5) is 1.82. The Hall–Kier alpha value is -2.26. The molecular weight excluding hydrogens is 405 g/mol. The van der Waals surface area contributed by atoms with E-state index in [1.54, 1.807) is 12.1 Å². The third-order valence-corrected chi connectivity index (χ3v) is 6.04. The molecule has 1 N–H and O–H groups in total. The van der Waals surface area contributed by atoms with E-state index >= 15 is 0 Å². The lowest BCUT2D eigenvalue weighted by Crippen LogP contribution is -2.45. The topological polar surface area (TPSA) is 58.6 Å². The first-order chi connectivity index (χ1) is 13.5. The van der Waals surface area contributed by atoms with Crippen molar-refractivity contribution < 1.29 is 26.3 Å². The van der Waals surface area contributed by atoms with Crippen molar-refractivity contribution in [1.82, 2.24) is 0 Å². The zero-order valence-corrected chi connectivity index (χ0v) is 17.1. The van der Waals surface area contributed by atoms with Crippen LogP contribution in [0.3, 0.4) is 0 Å². The first-order valence-corrected chi connectivity index (χ1v) is 10.6. The summed E-state index contributed by atoms with van der Waals surface area (Å²) in [5.41, 5.74) is 0.231. The van der Waals surface area contributed by atoms with Crippen LogP contribution < -0.4 is 9.62 Å². The molecule has 9 heteroatoms. The van der Waals surface area contributed by atoms with Gasteiger partial charge >= 0.3 is 6.18 Å². The van der Waals surface area contributed by atoms with Crippen LogP contribution in [0.5, 0.6) is 0 Å². The van der Waals surface area contributed by atoms with E-state index < -0.39 is 21.8 Å². The van der Waals surface area contributed by atoms with Gasteiger partial charge in [0.15, 0.2) is 0 Å². The molecule has 0 amide bonds. The minimum Gasteiger partial charge on any atom is -0.372 e. The third-order valence-electron chi connectivity index (χ3n) is 4.66. The number of aryl methyl sites for hydroxylation is 1. The number of nitrogens with one attached hydrogen (secondary N) is 1. The van der Waals surface area contributed by atoms with Crippen LogP contribution in [0, 0.1) is 6.92 Å². The minimum atomic E-state index is -4.59. The summed E-state index contributed by atoms with van der Waals surface area (Å²) < 4.78 is 73.4. The van der Waals surface area contributed by atoms with Crippen molar-refractivity contribution in [1.29, 1.82) is 0 Å². The predicted octanol–water partition coefficient (Wildman–Crippen LogP) is 4.43. The van der Waals surface area contributed by atoms with E-state index in [0.29, 0.717) is 18.8 Å². The van der Waals surface area contributed by atoms with Crippen molar-refractivity contribution in [3.05, 3.63) is 53.6 Å². The van der Waals surface area contributed by atoms with E-state index in [2.05, 4.69) is 4.72 Å². The zero-order chi connectivity index (χ0) is 21.4. The molecule has 0 bridgehead atoms. The first kappa shape index (κ1) is 21.4. The summed E-state index contributed by atoms with van der Waals surface area (Å²) in [6.45, 7) is 6.42. The molecule has 2 unspecified atom stereocenters. The van der Waals surface area contributed by atoms with E-state index in [0.717, 1.165) is 17.7 Å². The number of halogens is 3. The molecule has 29 heavy (non-hydrogen) atoms. The molecule has 2 aromatic rings. The Morgan fingerprint density at radius 1 is 1.03 bits per heavy atom. The second kappa shape index (κ2) is 7.87. The van der Waals surface area contributed by atoms with Crippen molar-refractivity contribution >= 4 is 21.4 Å². The molecule has 1 aliphatic heterocycles. The number of sulfonamides is 1. The lowest BCUT2D eigenvalue weighted by Gasteiger charge is -2.37. The number of ether oxygens (including phenoxy) is 1. The van der Waals surface area contributed by atoms with Gasteiger partial charge in [0.1, 0.15) is 0 Å². The van der Waals surface area contributed by atoms with Crippen LogP contribution in [-0.2, 0) is 20.9 Å². The number of nitrogens with zero attached hydrogens (tertiary/aromatic N) is 1. The lowest BCUT2D eigenvalue weighted by molar-refractivity contribution is -0.137. The molecule has 5 nitrogen and oxygen atoms in total. The van der Waals surface area contributed by atoms with E-state index in [-0.39, 0.29) is 22.8 Å². The number of benzene rings is 2. The molecule has 2 atom stereocenters. The van der Waals surface area contributed by atoms with Gasteiger partial charge in [-0.25, -0.2) is 8.42 Å². The average molecular weight is 428 g/mol. The first-order valence-electron chi connectivity index (χ1n) is 9.17. The number of hydrogen-bond donors (Lipinski definition) is 1. The van der Waals surface area contributed by atoms with Crippen molar-refractivity contribution in [2.75, 3.05) is 22.7 Å². The van der Waals surface area contributed by atoms with Crippen molar-refractivity contribution in [3.8, 4) is 0 Å². The second-order valence-electron chi connectivity index (χ2n) is 7.31. The monoisotopic (exact) mass is 428 g/mol. The molecule has 158 valence electrons. The van der Waals surface area contributed by atoms with E-state index in [4.69, 9.17) is 4.74 Å². The third kappa shape index (κ3) is 5.02. The SMILES string of the molecule is Cc1ccc(S(=O)(=O)Nc2cc(C(F)(F)F)ccc2N2CC(C)OC(C)C2)cc1. The van der Waals surface area contributed by atoms with Gasteiger partial charge in [-0.05, 0) is 51.1 Å². The van der Waals surface area contributed by atoms with Crippen LogP contribution in [0.25, 0.3) is 0 Å². The highest BCUT2D eigenvalue weighted by Crippen LogP contribution is 2.37. The number of anilines is 2. The maximum absolute atomic E-state index is 13.3. The summed E-state index contributed by atoms with van der Waals surface area (Å²) in [6.07, 6.45) is -4.86. The van der Waals surface area contributed by atoms with Gasteiger partial charge in [0.25, 0.3) is 10.0 Å². The smallest absolute Gasteiger partial charge is 0.372 e. The number of rotatable bonds is 4. The van der Waals surface area contributed by atoms with Gasteiger partial charge in [0.2, 0.25) is 0 Å². The van der Waals surface area contributed by atoms with Gasteiger partial charge < -0.3 is 9.64 Å². The van der Waals surface area contributed by atoms with Crippen LogP contribution in [0.1, 0.15) is 25.0 Å². The van der Waals surface area contributed by atoms with Gasteiger partial charge in [-0.15, -0.1) is 0 Å². The predicted molar refractivity (Wildman–Crippen MR) is 106 cm³/mol. The Morgan fingerprint density at radius 3 is 2.17 bits per heavy atom. The fourth-order valence-corrected chi connectivity index (χ4v) is 4.43. The standard InChI is InChI=1S/C20H23F3N2O3S/c1-13-4-7-17(8-5-13)29(26,27)24-18-10-16(20(21,22)23)6-9-19(18)25-11-14(2)28-15(3)12-25/h4-10,14-15,24H,11-12H2,1-3H3. The van der Waals surface area contributed by atoms with E-state index in [1.165, 1.54) is 18.2 Å². The highest BCUT2D eigenvalue weighted by Gasteiger charge is 2.33. The molecule has 0 saturated carbocycles. The molecule has 2 aromatic carbocycles. The molecule has 3 rings (SSSR count). The molecule has 0 aliphatic carbocycles. The summed E-state index contributed by atoms with van der Waals surface area (Å²) in [7, 11) is -4.06. The average Bonchev–Trinajstić information content (AvgIpc) is 2.60. The largest absolute Gasteiger partial charge is 0.416 e. The molecule has 1 aliphatic rings. The summed E-state index contributed by atoms with van der Waals surface area (Å²) in [6, 6.07) is 9.21. The summed E-state index contributed by atoms with van der Waals surface area (Å²) >= 11 is 0. The van der Waals surface area contributed by atoms with Gasteiger partial charge in [0.05, 0.1) is 34.0 Å². The van der Waals surface area contributed by atoms with Gasteiger partial charge in [-0.3, -0.25) is 4.72 Å². The molecule has 0 radical (unpaired) electrons. The maximum Gasteiger partial charge on any atom is 0.416 e. The van der Waals surface area contributed by atoms with Crippen molar-refractivity contribution in [3.63, 3.8) is 0 Å². The molecule has 1 fully saturated rings. The minimum absolute atomic E-state index is 0.0184. The Kier molecular flexibility index (Phi) is 5.82.